The number of amides is 1. The van der Waals surface area contributed by atoms with E-state index in [1.807, 2.05) is 24.3 Å². The van der Waals surface area contributed by atoms with Gasteiger partial charge in [-0.05, 0) is 43.4 Å². The lowest BCUT2D eigenvalue weighted by Crippen LogP contribution is -2.59. The van der Waals surface area contributed by atoms with Crippen LogP contribution >= 0.6 is 0 Å². The molecule has 1 aromatic rings. The molecule has 0 saturated carbocycles. The number of benzene rings is 1. The lowest BCUT2D eigenvalue weighted by atomic mass is 9.97. The van der Waals surface area contributed by atoms with Gasteiger partial charge >= 0.3 is 0 Å². The predicted molar refractivity (Wildman–Crippen MR) is 103 cm³/mol. The minimum atomic E-state index is -3.34. The molecule has 0 bridgehead atoms. The molecular weight excluding hydrogens is 352 g/mol. The van der Waals surface area contributed by atoms with Crippen molar-refractivity contribution < 1.29 is 17.9 Å². The number of rotatable bonds is 7. The Labute approximate surface area is 157 Å². The highest BCUT2D eigenvalue weighted by atomic mass is 32.2. The molecule has 146 valence electrons. The molecule has 6 nitrogen and oxygen atoms in total. The molecular formula is C19H30N2O4S. The van der Waals surface area contributed by atoms with Gasteiger partial charge in [0.05, 0.1) is 11.8 Å². The van der Waals surface area contributed by atoms with Gasteiger partial charge in [-0.2, -0.15) is 0 Å². The van der Waals surface area contributed by atoms with E-state index in [9.17, 15) is 13.2 Å². The van der Waals surface area contributed by atoms with E-state index in [-0.39, 0.29) is 30.4 Å². The van der Waals surface area contributed by atoms with Crippen molar-refractivity contribution in [3.05, 3.63) is 29.8 Å². The number of nitrogens with one attached hydrogen (secondary N) is 1. The van der Waals surface area contributed by atoms with Gasteiger partial charge in [0, 0.05) is 19.5 Å². The zero-order valence-electron chi connectivity index (χ0n) is 16.1. The lowest BCUT2D eigenvalue weighted by Gasteiger charge is -2.40. The second-order valence-corrected chi connectivity index (χ2v) is 9.13. The van der Waals surface area contributed by atoms with Crippen LogP contribution in [0.4, 0.5) is 0 Å². The first-order valence-corrected chi connectivity index (χ1v) is 10.9. The molecule has 1 fully saturated rings. The largest absolute Gasteiger partial charge is 0.491 e. The summed E-state index contributed by atoms with van der Waals surface area (Å²) in [5.74, 6) is 1.13. The van der Waals surface area contributed by atoms with Gasteiger partial charge in [0.25, 0.3) is 0 Å². The van der Waals surface area contributed by atoms with Crippen LogP contribution in [-0.4, -0.2) is 50.2 Å². The van der Waals surface area contributed by atoms with Crippen LogP contribution in [0, 0.1) is 0 Å². The van der Waals surface area contributed by atoms with Gasteiger partial charge in [-0.15, -0.1) is 0 Å². The first-order valence-electron chi connectivity index (χ1n) is 9.23. The third-order valence-corrected chi connectivity index (χ3v) is 6.28. The summed E-state index contributed by atoms with van der Waals surface area (Å²) in [5, 5.41) is 0. The maximum Gasteiger partial charge on any atom is 0.219 e. The topological polar surface area (TPSA) is 75.7 Å². The highest BCUT2D eigenvalue weighted by Crippen LogP contribution is 2.22. The van der Waals surface area contributed by atoms with Gasteiger partial charge in [0.15, 0.2) is 0 Å². The first-order chi connectivity index (χ1) is 12.2. The van der Waals surface area contributed by atoms with E-state index in [2.05, 4.69) is 18.6 Å². The Morgan fingerprint density at radius 3 is 2.50 bits per heavy atom. The van der Waals surface area contributed by atoms with Crippen LogP contribution in [0.15, 0.2) is 24.3 Å². The molecule has 1 N–H and O–H groups in total. The summed E-state index contributed by atoms with van der Waals surface area (Å²) in [6.45, 7) is 8.27. The van der Waals surface area contributed by atoms with Crippen molar-refractivity contribution in [2.75, 3.05) is 18.9 Å². The molecule has 1 amide bonds. The summed E-state index contributed by atoms with van der Waals surface area (Å²) in [7, 11) is -3.34. The lowest BCUT2D eigenvalue weighted by molar-refractivity contribution is -0.134. The number of ether oxygens (including phenoxy) is 1. The Kier molecular flexibility index (Phi) is 7.06. The van der Waals surface area contributed by atoms with E-state index in [4.69, 9.17) is 4.74 Å². The van der Waals surface area contributed by atoms with Gasteiger partial charge in [0.2, 0.25) is 15.9 Å². The molecule has 7 heteroatoms. The van der Waals surface area contributed by atoms with Gasteiger partial charge in [0.1, 0.15) is 12.4 Å². The molecule has 0 aromatic heterocycles. The fraction of sp³-hybridized carbons (Fsp3) is 0.632. The molecule has 1 aliphatic rings. The van der Waals surface area contributed by atoms with Crippen LogP contribution in [0.1, 0.15) is 52.0 Å². The third-order valence-electron chi connectivity index (χ3n) is 4.86. The summed E-state index contributed by atoms with van der Waals surface area (Å²) in [5.41, 5.74) is 1.23. The molecule has 0 radical (unpaired) electrons. The third kappa shape index (κ3) is 5.45. The van der Waals surface area contributed by atoms with E-state index in [0.29, 0.717) is 18.9 Å². The van der Waals surface area contributed by atoms with Crippen LogP contribution in [-0.2, 0) is 14.8 Å². The molecule has 0 spiro atoms. The predicted octanol–water partition coefficient (Wildman–Crippen LogP) is 2.51. The fourth-order valence-electron chi connectivity index (χ4n) is 3.24. The summed E-state index contributed by atoms with van der Waals surface area (Å²) in [4.78, 5) is 13.7. The second kappa shape index (κ2) is 8.86. The molecule has 2 atom stereocenters. The molecule has 1 aromatic carbocycles. The van der Waals surface area contributed by atoms with Crippen molar-refractivity contribution in [3.8, 4) is 5.75 Å². The minimum Gasteiger partial charge on any atom is -0.491 e. The maximum absolute atomic E-state index is 12.0. The summed E-state index contributed by atoms with van der Waals surface area (Å²) in [6, 6.07) is 7.25. The standard InChI is InChI=1S/C19H30N2O4S/c1-5-26(23,24)20-18-7-6-12-21(15(4)22)19(18)13-25-17-10-8-16(9-11-17)14(2)3/h8-11,14,18-20H,5-7,12-13H2,1-4H3/t18-,19+/m0/s1. The van der Waals surface area contributed by atoms with Gasteiger partial charge in [-0.25, -0.2) is 13.1 Å². The quantitative estimate of drug-likeness (QED) is 0.786. The van der Waals surface area contributed by atoms with Crippen LogP contribution < -0.4 is 9.46 Å². The Hall–Kier alpha value is -1.60. The van der Waals surface area contributed by atoms with Crippen LogP contribution in [0.25, 0.3) is 0 Å². The number of hydrogen-bond donors (Lipinski definition) is 1. The van der Waals surface area contributed by atoms with Gasteiger partial charge in [-0.3, -0.25) is 4.79 Å². The molecule has 0 aliphatic carbocycles. The Bertz CT molecular complexity index is 701. The monoisotopic (exact) mass is 382 g/mol. The highest BCUT2D eigenvalue weighted by molar-refractivity contribution is 7.89. The number of carbonyl (C=O) groups excluding carboxylic acids is 1. The van der Waals surface area contributed by atoms with Gasteiger partial charge in [-0.1, -0.05) is 26.0 Å². The molecule has 1 saturated heterocycles. The Morgan fingerprint density at radius 1 is 1.31 bits per heavy atom. The zero-order valence-corrected chi connectivity index (χ0v) is 16.9. The van der Waals surface area contributed by atoms with Crippen molar-refractivity contribution in [2.24, 2.45) is 0 Å². The van der Waals surface area contributed by atoms with E-state index >= 15 is 0 Å². The normalized spacial score (nSPS) is 21.0. The number of piperidine rings is 1. The van der Waals surface area contributed by atoms with Crippen LogP contribution in [0.5, 0.6) is 5.75 Å². The summed E-state index contributed by atoms with van der Waals surface area (Å²) >= 11 is 0. The van der Waals surface area contributed by atoms with Crippen molar-refractivity contribution >= 4 is 15.9 Å². The molecule has 1 aliphatic heterocycles. The van der Waals surface area contributed by atoms with E-state index in [1.54, 1.807) is 11.8 Å². The number of hydrogen-bond acceptors (Lipinski definition) is 4. The van der Waals surface area contributed by atoms with Crippen molar-refractivity contribution in [1.82, 2.24) is 9.62 Å². The fourth-order valence-corrected chi connectivity index (χ4v) is 4.14. The molecule has 2 rings (SSSR count). The molecule has 26 heavy (non-hydrogen) atoms. The van der Waals surface area contributed by atoms with Crippen molar-refractivity contribution in [3.63, 3.8) is 0 Å². The van der Waals surface area contributed by atoms with E-state index in [1.165, 1.54) is 12.5 Å². The van der Waals surface area contributed by atoms with E-state index < -0.39 is 10.0 Å². The van der Waals surface area contributed by atoms with Crippen molar-refractivity contribution in [1.29, 1.82) is 0 Å². The Morgan fingerprint density at radius 2 is 1.96 bits per heavy atom. The summed E-state index contributed by atoms with van der Waals surface area (Å²) < 4.78 is 32.7. The average Bonchev–Trinajstić information content (AvgIpc) is 2.60. The molecule has 1 heterocycles. The maximum atomic E-state index is 12.0. The highest BCUT2D eigenvalue weighted by Gasteiger charge is 2.35. The number of likely N-dealkylation sites (tertiary alicyclic amines) is 1. The summed E-state index contributed by atoms with van der Waals surface area (Å²) in [6.07, 6.45) is 1.47. The number of carbonyl (C=O) groups is 1. The van der Waals surface area contributed by atoms with Crippen LogP contribution in [0.3, 0.4) is 0 Å². The average molecular weight is 383 g/mol. The zero-order chi connectivity index (χ0) is 19.3. The second-order valence-electron chi connectivity index (χ2n) is 7.08. The van der Waals surface area contributed by atoms with Crippen molar-refractivity contribution in [2.45, 2.75) is 58.5 Å². The smallest absolute Gasteiger partial charge is 0.219 e. The van der Waals surface area contributed by atoms with Gasteiger partial charge < -0.3 is 9.64 Å². The first kappa shape index (κ1) is 20.7. The number of sulfonamides is 1. The SMILES string of the molecule is CCS(=O)(=O)N[C@H]1CCCN(C(C)=O)[C@@H]1COc1ccc(C(C)C)cc1. The van der Waals surface area contributed by atoms with Crippen LogP contribution in [0.2, 0.25) is 0 Å². The number of nitrogens with zero attached hydrogens (tertiary/aromatic N) is 1. The molecule has 0 unspecified atom stereocenters. The minimum absolute atomic E-state index is 0.0216. The Balaban J connectivity index is 2.12. The van der Waals surface area contributed by atoms with E-state index in [0.717, 1.165) is 12.2 Å².